The highest BCUT2D eigenvalue weighted by molar-refractivity contribution is 5.95. The SMILES string of the molecule is CC(F)(F)c1cncc(CNCCCNC(=O)c2cccc(C=O)c2)c1. The second-order valence-electron chi connectivity index (χ2n) is 6.00. The van der Waals surface area contributed by atoms with Gasteiger partial charge in [-0.2, -0.15) is 0 Å². The van der Waals surface area contributed by atoms with Gasteiger partial charge in [0.15, 0.2) is 0 Å². The Kier molecular flexibility index (Phi) is 6.91. The summed E-state index contributed by atoms with van der Waals surface area (Å²) in [6.07, 6.45) is 4.08. The van der Waals surface area contributed by atoms with Gasteiger partial charge >= 0.3 is 0 Å². The van der Waals surface area contributed by atoms with Crippen LogP contribution in [0.3, 0.4) is 0 Å². The van der Waals surface area contributed by atoms with E-state index in [1.54, 1.807) is 24.4 Å². The molecule has 0 saturated carbocycles. The monoisotopic (exact) mass is 361 g/mol. The fraction of sp³-hybridized carbons (Fsp3) is 0.316. The number of carbonyl (C=O) groups is 2. The third-order valence-electron chi connectivity index (χ3n) is 3.73. The molecular weight excluding hydrogens is 340 g/mol. The molecule has 1 amide bonds. The highest BCUT2D eigenvalue weighted by Crippen LogP contribution is 2.26. The number of aromatic nitrogens is 1. The first kappa shape index (κ1) is 19.7. The number of pyridine rings is 1. The summed E-state index contributed by atoms with van der Waals surface area (Å²) >= 11 is 0. The van der Waals surface area contributed by atoms with Crippen molar-refractivity contribution in [1.82, 2.24) is 15.6 Å². The Bertz CT molecular complexity index is 760. The van der Waals surface area contributed by atoms with E-state index in [0.29, 0.717) is 49.0 Å². The molecule has 0 unspecified atom stereocenters. The zero-order valence-electron chi connectivity index (χ0n) is 14.5. The average Bonchev–Trinajstić information content (AvgIpc) is 2.64. The van der Waals surface area contributed by atoms with Crippen molar-refractivity contribution in [3.63, 3.8) is 0 Å². The summed E-state index contributed by atoms with van der Waals surface area (Å²) in [5.41, 5.74) is 1.46. The second kappa shape index (κ2) is 9.15. The molecule has 1 aromatic carbocycles. The quantitative estimate of drug-likeness (QED) is 0.532. The molecule has 5 nitrogen and oxygen atoms in total. The average molecular weight is 361 g/mol. The molecule has 2 rings (SSSR count). The Labute approximate surface area is 150 Å². The maximum Gasteiger partial charge on any atom is 0.272 e. The lowest BCUT2D eigenvalue weighted by Gasteiger charge is -2.12. The van der Waals surface area contributed by atoms with Gasteiger partial charge in [-0.3, -0.25) is 14.6 Å². The van der Waals surface area contributed by atoms with Crippen LogP contribution in [0.1, 0.15) is 45.2 Å². The summed E-state index contributed by atoms with van der Waals surface area (Å²) in [5.74, 6) is -3.15. The summed E-state index contributed by atoms with van der Waals surface area (Å²) < 4.78 is 26.5. The van der Waals surface area contributed by atoms with Gasteiger partial charge in [0, 0.05) is 49.1 Å². The molecule has 0 radical (unpaired) electrons. The molecule has 138 valence electrons. The van der Waals surface area contributed by atoms with Crippen LogP contribution in [0.2, 0.25) is 0 Å². The number of alkyl halides is 2. The fourth-order valence-corrected chi connectivity index (χ4v) is 2.33. The number of aldehydes is 1. The molecule has 0 aliphatic carbocycles. The number of hydrogen-bond donors (Lipinski definition) is 2. The van der Waals surface area contributed by atoms with Gasteiger partial charge < -0.3 is 10.6 Å². The van der Waals surface area contributed by atoms with Gasteiger partial charge in [-0.1, -0.05) is 12.1 Å². The molecule has 1 heterocycles. The third-order valence-corrected chi connectivity index (χ3v) is 3.73. The van der Waals surface area contributed by atoms with E-state index >= 15 is 0 Å². The van der Waals surface area contributed by atoms with Crippen molar-refractivity contribution in [2.75, 3.05) is 13.1 Å². The molecule has 7 heteroatoms. The molecule has 1 aromatic heterocycles. The van der Waals surface area contributed by atoms with E-state index < -0.39 is 5.92 Å². The number of benzene rings is 1. The van der Waals surface area contributed by atoms with E-state index in [9.17, 15) is 18.4 Å². The summed E-state index contributed by atoms with van der Waals surface area (Å²) in [5, 5.41) is 5.90. The van der Waals surface area contributed by atoms with Crippen molar-refractivity contribution in [2.24, 2.45) is 0 Å². The number of nitrogens with one attached hydrogen (secondary N) is 2. The Morgan fingerprint density at radius 1 is 1.23 bits per heavy atom. The number of hydrogen-bond acceptors (Lipinski definition) is 4. The standard InChI is InChI=1S/C19H21F2N3O2/c1-19(20,21)17-9-15(11-23-12-17)10-22-6-3-7-24-18(26)16-5-2-4-14(8-16)13-25/h2,4-5,8-9,11-13,22H,3,6-7,10H2,1H3,(H,24,26). The van der Waals surface area contributed by atoms with Crippen molar-refractivity contribution in [3.8, 4) is 0 Å². The van der Waals surface area contributed by atoms with Gasteiger partial charge in [0.1, 0.15) is 6.29 Å². The predicted octanol–water partition coefficient (Wildman–Crippen LogP) is 2.92. The summed E-state index contributed by atoms with van der Waals surface area (Å²) in [6, 6.07) is 7.89. The van der Waals surface area contributed by atoms with Gasteiger partial charge in [0.25, 0.3) is 11.8 Å². The van der Waals surface area contributed by atoms with Crippen LogP contribution < -0.4 is 10.6 Å². The minimum Gasteiger partial charge on any atom is -0.352 e. The van der Waals surface area contributed by atoms with Gasteiger partial charge in [-0.05, 0) is 36.7 Å². The first-order valence-electron chi connectivity index (χ1n) is 8.26. The van der Waals surface area contributed by atoms with Gasteiger partial charge in [-0.25, -0.2) is 8.78 Å². The molecule has 2 N–H and O–H groups in total. The third kappa shape index (κ3) is 6.00. The van der Waals surface area contributed by atoms with Crippen molar-refractivity contribution < 1.29 is 18.4 Å². The normalized spacial score (nSPS) is 11.2. The number of rotatable bonds is 9. The van der Waals surface area contributed by atoms with E-state index in [0.717, 1.165) is 6.92 Å². The minimum atomic E-state index is -2.91. The zero-order valence-corrected chi connectivity index (χ0v) is 14.5. The lowest BCUT2D eigenvalue weighted by Crippen LogP contribution is -2.27. The molecule has 0 aliphatic rings. The van der Waals surface area contributed by atoms with Gasteiger partial charge in [0.2, 0.25) is 0 Å². The van der Waals surface area contributed by atoms with Crippen LogP contribution in [0, 0.1) is 0 Å². The molecule has 2 aromatic rings. The fourth-order valence-electron chi connectivity index (χ4n) is 2.33. The Morgan fingerprint density at radius 3 is 2.77 bits per heavy atom. The zero-order chi connectivity index (χ0) is 19.0. The largest absolute Gasteiger partial charge is 0.352 e. The van der Waals surface area contributed by atoms with Crippen molar-refractivity contribution >= 4 is 12.2 Å². The second-order valence-corrected chi connectivity index (χ2v) is 6.00. The predicted molar refractivity (Wildman–Crippen MR) is 94.3 cm³/mol. The van der Waals surface area contributed by atoms with E-state index in [4.69, 9.17) is 0 Å². The van der Waals surface area contributed by atoms with E-state index in [1.807, 2.05) is 0 Å². The molecule has 0 aliphatic heterocycles. The summed E-state index contributed by atoms with van der Waals surface area (Å²) in [4.78, 5) is 26.5. The Morgan fingerprint density at radius 2 is 2.04 bits per heavy atom. The van der Waals surface area contributed by atoms with Crippen molar-refractivity contribution in [2.45, 2.75) is 25.8 Å². The summed E-state index contributed by atoms with van der Waals surface area (Å²) in [7, 11) is 0. The van der Waals surface area contributed by atoms with Crippen LogP contribution in [0.5, 0.6) is 0 Å². The minimum absolute atomic E-state index is 0.110. The Balaban J connectivity index is 1.69. The highest BCUT2D eigenvalue weighted by Gasteiger charge is 2.24. The van der Waals surface area contributed by atoms with Crippen LogP contribution in [0.15, 0.2) is 42.7 Å². The maximum atomic E-state index is 13.3. The van der Waals surface area contributed by atoms with Gasteiger partial charge in [0.05, 0.1) is 0 Å². The summed E-state index contributed by atoms with van der Waals surface area (Å²) in [6.45, 7) is 2.34. The van der Waals surface area contributed by atoms with Crippen molar-refractivity contribution in [1.29, 1.82) is 0 Å². The van der Waals surface area contributed by atoms with E-state index in [-0.39, 0.29) is 11.5 Å². The van der Waals surface area contributed by atoms with Crippen LogP contribution >= 0.6 is 0 Å². The molecule has 0 saturated heterocycles. The lowest BCUT2D eigenvalue weighted by atomic mass is 10.1. The number of carbonyl (C=O) groups excluding carboxylic acids is 2. The van der Waals surface area contributed by atoms with Crippen molar-refractivity contribution in [3.05, 3.63) is 65.0 Å². The molecule has 0 fully saturated rings. The number of amides is 1. The first-order chi connectivity index (χ1) is 12.4. The topological polar surface area (TPSA) is 71.1 Å². The highest BCUT2D eigenvalue weighted by atomic mass is 19.3. The van der Waals surface area contributed by atoms with E-state index in [2.05, 4.69) is 15.6 Å². The smallest absolute Gasteiger partial charge is 0.272 e. The maximum absolute atomic E-state index is 13.3. The molecule has 0 spiro atoms. The lowest BCUT2D eigenvalue weighted by molar-refractivity contribution is 0.0170. The van der Waals surface area contributed by atoms with Crippen LogP contribution in [0.4, 0.5) is 8.78 Å². The number of nitrogens with zero attached hydrogens (tertiary/aromatic N) is 1. The van der Waals surface area contributed by atoms with Crippen LogP contribution in [-0.2, 0) is 12.5 Å². The molecule has 26 heavy (non-hydrogen) atoms. The molecule has 0 atom stereocenters. The molecular formula is C19H21F2N3O2. The molecule has 0 bridgehead atoms. The van der Waals surface area contributed by atoms with E-state index in [1.165, 1.54) is 18.3 Å². The van der Waals surface area contributed by atoms with Crippen LogP contribution in [-0.4, -0.2) is 30.3 Å². The first-order valence-corrected chi connectivity index (χ1v) is 8.26. The number of halogens is 2. The Hall–Kier alpha value is -2.67. The van der Waals surface area contributed by atoms with Gasteiger partial charge in [-0.15, -0.1) is 0 Å². The van der Waals surface area contributed by atoms with Crippen LogP contribution in [0.25, 0.3) is 0 Å².